The molecule has 3 aromatic rings. The number of carbonyl (C=O) groups is 1. The first-order valence-corrected chi connectivity index (χ1v) is 7.19. The molecular weight excluding hydrogens is 311 g/mol. The Bertz CT molecular complexity index is 875. The summed E-state index contributed by atoms with van der Waals surface area (Å²) >= 11 is 0. The minimum Gasteiger partial charge on any atom is -0.308 e. The summed E-state index contributed by atoms with van der Waals surface area (Å²) in [6, 6.07) is 3.97. The fraction of sp³-hybridized carbons (Fsp3) is 0.125. The maximum atomic E-state index is 13.5. The number of benzene rings is 1. The number of nitrogens with one attached hydrogen (secondary N) is 2. The fourth-order valence-corrected chi connectivity index (χ4v) is 2.06. The van der Waals surface area contributed by atoms with Crippen molar-refractivity contribution in [3.05, 3.63) is 60.2 Å². The van der Waals surface area contributed by atoms with E-state index in [1.165, 1.54) is 18.5 Å². The molecule has 8 heteroatoms. The molecule has 0 saturated carbocycles. The summed E-state index contributed by atoms with van der Waals surface area (Å²) in [6.07, 6.45) is 6.36. The van der Waals surface area contributed by atoms with E-state index in [1.54, 1.807) is 36.0 Å². The topological polar surface area (TPSA) is 84.7 Å². The van der Waals surface area contributed by atoms with Gasteiger partial charge >= 0.3 is 6.03 Å². The highest BCUT2D eigenvalue weighted by Gasteiger charge is 2.07. The van der Waals surface area contributed by atoms with Crippen LogP contribution in [0.2, 0.25) is 0 Å². The number of amides is 2. The van der Waals surface area contributed by atoms with E-state index in [2.05, 4.69) is 25.6 Å². The third kappa shape index (κ3) is 3.37. The lowest BCUT2D eigenvalue weighted by Gasteiger charge is -2.09. The van der Waals surface area contributed by atoms with E-state index in [9.17, 15) is 9.18 Å². The fourth-order valence-electron chi connectivity index (χ4n) is 2.06. The van der Waals surface area contributed by atoms with Gasteiger partial charge in [-0.05, 0) is 31.5 Å². The van der Waals surface area contributed by atoms with Crippen LogP contribution in [0.25, 0.3) is 5.95 Å². The maximum Gasteiger partial charge on any atom is 0.323 e. The Morgan fingerprint density at radius 2 is 1.79 bits per heavy atom. The highest BCUT2D eigenvalue weighted by molar-refractivity contribution is 5.99. The lowest BCUT2D eigenvalue weighted by molar-refractivity contribution is 0.262. The van der Waals surface area contributed by atoms with Crippen LogP contribution in [0.15, 0.2) is 43.0 Å². The number of aryl methyl sites for hydroxylation is 2. The van der Waals surface area contributed by atoms with E-state index >= 15 is 0 Å². The van der Waals surface area contributed by atoms with Crippen LogP contribution in [0.3, 0.4) is 0 Å². The molecule has 0 spiro atoms. The Morgan fingerprint density at radius 1 is 1.08 bits per heavy atom. The van der Waals surface area contributed by atoms with E-state index in [4.69, 9.17) is 0 Å². The highest BCUT2D eigenvalue weighted by atomic mass is 19.1. The molecule has 0 saturated heterocycles. The second-order valence-electron chi connectivity index (χ2n) is 5.16. The molecular formula is C16H15FN6O. The standard InChI is InChI=1S/C16H15FN6O/c1-10-3-4-12(7-14(10)17)21-16(24)22-13-8-19-15(20-9-13)23-6-5-18-11(23)2/h3-9H,1-2H3,(H2,21,22,24). The van der Waals surface area contributed by atoms with Crippen LogP contribution in [-0.2, 0) is 0 Å². The molecule has 1 aromatic carbocycles. The third-order valence-electron chi connectivity index (χ3n) is 3.37. The van der Waals surface area contributed by atoms with E-state index in [1.807, 2.05) is 6.92 Å². The molecule has 2 aromatic heterocycles. The lowest BCUT2D eigenvalue weighted by atomic mass is 10.2. The number of urea groups is 1. The summed E-state index contributed by atoms with van der Waals surface area (Å²) < 4.78 is 15.2. The Kier molecular flexibility index (Phi) is 4.19. The van der Waals surface area contributed by atoms with Gasteiger partial charge in [0, 0.05) is 18.1 Å². The Labute approximate surface area is 137 Å². The highest BCUT2D eigenvalue weighted by Crippen LogP contribution is 2.14. The van der Waals surface area contributed by atoms with Gasteiger partial charge in [-0.1, -0.05) is 6.07 Å². The number of halogens is 1. The predicted octanol–water partition coefficient (Wildman–Crippen LogP) is 3.06. The van der Waals surface area contributed by atoms with Gasteiger partial charge in [0.2, 0.25) is 5.95 Å². The first-order valence-electron chi connectivity index (χ1n) is 7.19. The molecule has 0 unspecified atom stereocenters. The molecule has 7 nitrogen and oxygen atoms in total. The third-order valence-corrected chi connectivity index (χ3v) is 3.37. The molecule has 0 radical (unpaired) electrons. The van der Waals surface area contributed by atoms with Crippen molar-refractivity contribution in [2.24, 2.45) is 0 Å². The molecule has 0 aliphatic rings. The van der Waals surface area contributed by atoms with Crippen LogP contribution >= 0.6 is 0 Å². The molecule has 0 bridgehead atoms. The molecule has 0 atom stereocenters. The van der Waals surface area contributed by atoms with Crippen molar-refractivity contribution in [2.45, 2.75) is 13.8 Å². The smallest absolute Gasteiger partial charge is 0.308 e. The molecule has 0 aliphatic heterocycles. The molecule has 2 amide bonds. The molecule has 0 fully saturated rings. The molecule has 2 heterocycles. The zero-order chi connectivity index (χ0) is 17.1. The van der Waals surface area contributed by atoms with Gasteiger partial charge in [0.05, 0.1) is 18.1 Å². The molecule has 2 N–H and O–H groups in total. The van der Waals surface area contributed by atoms with E-state index in [0.717, 1.165) is 5.82 Å². The molecule has 122 valence electrons. The van der Waals surface area contributed by atoms with Crippen molar-refractivity contribution in [1.82, 2.24) is 19.5 Å². The van der Waals surface area contributed by atoms with Gasteiger partial charge in [-0.2, -0.15) is 0 Å². The van der Waals surface area contributed by atoms with Gasteiger partial charge < -0.3 is 10.6 Å². The minimum atomic E-state index is -0.506. The van der Waals surface area contributed by atoms with Gasteiger partial charge in [-0.3, -0.25) is 4.57 Å². The van der Waals surface area contributed by atoms with Crippen LogP contribution in [0, 0.1) is 19.7 Å². The Balaban J connectivity index is 1.66. The van der Waals surface area contributed by atoms with Gasteiger partial charge in [-0.15, -0.1) is 0 Å². The van der Waals surface area contributed by atoms with Crippen LogP contribution < -0.4 is 10.6 Å². The summed E-state index contributed by atoms with van der Waals surface area (Å²) in [4.78, 5) is 24.4. The molecule has 24 heavy (non-hydrogen) atoms. The predicted molar refractivity (Wildman–Crippen MR) is 87.7 cm³/mol. The van der Waals surface area contributed by atoms with Gasteiger partial charge in [0.15, 0.2) is 0 Å². The number of rotatable bonds is 3. The van der Waals surface area contributed by atoms with Gasteiger partial charge in [0.25, 0.3) is 0 Å². The summed E-state index contributed by atoms with van der Waals surface area (Å²) in [5.74, 6) is 0.836. The molecule has 3 rings (SSSR count). The Hall–Kier alpha value is -3.29. The van der Waals surface area contributed by atoms with Gasteiger partial charge in [0.1, 0.15) is 11.6 Å². The van der Waals surface area contributed by atoms with Crippen LogP contribution in [0.5, 0.6) is 0 Å². The first kappa shape index (κ1) is 15.6. The summed E-state index contributed by atoms with van der Waals surface area (Å²) in [6.45, 7) is 3.49. The quantitative estimate of drug-likeness (QED) is 0.774. The van der Waals surface area contributed by atoms with E-state index in [-0.39, 0.29) is 5.82 Å². The van der Waals surface area contributed by atoms with Crippen LogP contribution in [-0.4, -0.2) is 25.6 Å². The zero-order valence-corrected chi connectivity index (χ0v) is 13.1. The summed E-state index contributed by atoms with van der Waals surface area (Å²) in [5, 5.41) is 5.14. The van der Waals surface area contributed by atoms with Crippen molar-refractivity contribution in [3.63, 3.8) is 0 Å². The minimum absolute atomic E-state index is 0.363. The summed E-state index contributed by atoms with van der Waals surface area (Å²) in [5.41, 5.74) is 1.29. The average Bonchev–Trinajstić information content (AvgIpc) is 2.98. The van der Waals surface area contributed by atoms with E-state index < -0.39 is 6.03 Å². The average molecular weight is 326 g/mol. The number of hydrogen-bond donors (Lipinski definition) is 2. The van der Waals surface area contributed by atoms with Crippen LogP contribution in [0.1, 0.15) is 11.4 Å². The van der Waals surface area contributed by atoms with E-state index in [0.29, 0.717) is 22.9 Å². The monoisotopic (exact) mass is 326 g/mol. The normalized spacial score (nSPS) is 10.5. The maximum absolute atomic E-state index is 13.5. The number of nitrogens with zero attached hydrogens (tertiary/aromatic N) is 4. The Morgan fingerprint density at radius 3 is 2.42 bits per heavy atom. The molecule has 0 aliphatic carbocycles. The number of imidazole rings is 1. The SMILES string of the molecule is Cc1ccc(NC(=O)Nc2cnc(-n3ccnc3C)nc2)cc1F. The second-order valence-corrected chi connectivity index (χ2v) is 5.16. The number of anilines is 2. The van der Waals surface area contributed by atoms with Crippen molar-refractivity contribution < 1.29 is 9.18 Å². The number of carbonyl (C=O) groups excluding carboxylic acids is 1. The largest absolute Gasteiger partial charge is 0.323 e. The zero-order valence-electron chi connectivity index (χ0n) is 13.1. The second kappa shape index (κ2) is 6.45. The van der Waals surface area contributed by atoms with Crippen molar-refractivity contribution in [3.8, 4) is 5.95 Å². The first-order chi connectivity index (χ1) is 11.5. The van der Waals surface area contributed by atoms with Crippen LogP contribution in [0.4, 0.5) is 20.6 Å². The van der Waals surface area contributed by atoms with Crippen molar-refractivity contribution >= 4 is 17.4 Å². The lowest BCUT2D eigenvalue weighted by Crippen LogP contribution is -2.20. The van der Waals surface area contributed by atoms with Gasteiger partial charge in [-0.25, -0.2) is 24.1 Å². The van der Waals surface area contributed by atoms with Crippen molar-refractivity contribution in [2.75, 3.05) is 10.6 Å². The number of aromatic nitrogens is 4. The number of hydrogen-bond acceptors (Lipinski definition) is 4. The summed E-state index contributed by atoms with van der Waals surface area (Å²) in [7, 11) is 0. The van der Waals surface area contributed by atoms with Crippen molar-refractivity contribution in [1.29, 1.82) is 0 Å².